The van der Waals surface area contributed by atoms with Gasteiger partial charge in [-0.3, -0.25) is 14.2 Å². The number of anilines is 2. The highest BCUT2D eigenvalue weighted by atomic mass is 35.5. The molecule has 14 heteroatoms. The normalized spacial score (nSPS) is 14.7. The number of hydrogen-bond donors (Lipinski definition) is 1. The van der Waals surface area contributed by atoms with Crippen LogP contribution in [0.2, 0.25) is 5.02 Å². The number of ether oxygens (including phenoxy) is 2. The molecule has 4 aromatic rings. The number of nitrogens with zero attached hydrogens (tertiary/aromatic N) is 6. The zero-order valence-corrected chi connectivity index (χ0v) is 22.6. The summed E-state index contributed by atoms with van der Waals surface area (Å²) >= 11 is 7.32. The first-order valence-electron chi connectivity index (χ1n) is 12.0. The van der Waals surface area contributed by atoms with Gasteiger partial charge in [-0.05, 0) is 31.5 Å². The predicted molar refractivity (Wildman–Crippen MR) is 146 cm³/mol. The topological polar surface area (TPSA) is 147 Å². The SMILES string of the molecule is CCOC(=O)c1c(SCC(=O)OC)nc(N)nc1N1CC[C@H]1c1nn2ccc(Cl)c2c(=O)n1-c1ccccc1. The molecule has 0 unspecified atom stereocenters. The van der Waals surface area contributed by atoms with Crippen molar-refractivity contribution < 1.29 is 19.1 Å². The number of halogens is 1. The van der Waals surface area contributed by atoms with E-state index in [-0.39, 0.29) is 50.8 Å². The number of methoxy groups -OCH3 is 1. The highest BCUT2D eigenvalue weighted by Crippen LogP contribution is 2.40. The van der Waals surface area contributed by atoms with Gasteiger partial charge in [0.15, 0.2) is 11.6 Å². The molecular formula is C25H24ClN7O5S. The first-order valence-corrected chi connectivity index (χ1v) is 13.4. The number of carbonyl (C=O) groups is 2. The number of thioether (sulfide) groups is 1. The van der Waals surface area contributed by atoms with Gasteiger partial charge in [-0.15, -0.1) is 0 Å². The van der Waals surface area contributed by atoms with Crippen molar-refractivity contribution in [3.8, 4) is 5.69 Å². The van der Waals surface area contributed by atoms with Crippen molar-refractivity contribution in [1.29, 1.82) is 0 Å². The van der Waals surface area contributed by atoms with E-state index in [1.54, 1.807) is 31.3 Å². The number of carbonyl (C=O) groups excluding carboxylic acids is 2. The zero-order chi connectivity index (χ0) is 27.7. The average Bonchev–Trinajstić information content (AvgIpc) is 3.27. The van der Waals surface area contributed by atoms with Gasteiger partial charge in [0.2, 0.25) is 5.95 Å². The molecule has 12 nitrogen and oxygen atoms in total. The van der Waals surface area contributed by atoms with E-state index in [4.69, 9.17) is 31.9 Å². The smallest absolute Gasteiger partial charge is 0.344 e. The van der Waals surface area contributed by atoms with Crippen LogP contribution in [0.15, 0.2) is 52.4 Å². The van der Waals surface area contributed by atoms with Crippen LogP contribution in [0.4, 0.5) is 11.8 Å². The molecular weight excluding hydrogens is 546 g/mol. The molecule has 1 fully saturated rings. The van der Waals surface area contributed by atoms with Crippen molar-refractivity contribution in [1.82, 2.24) is 24.1 Å². The molecule has 1 aliphatic heterocycles. The van der Waals surface area contributed by atoms with E-state index in [2.05, 4.69) is 9.97 Å². The lowest BCUT2D eigenvalue weighted by Gasteiger charge is -2.42. The number of para-hydroxylation sites is 1. The van der Waals surface area contributed by atoms with Gasteiger partial charge in [0.05, 0.1) is 36.2 Å². The molecule has 2 N–H and O–H groups in total. The fourth-order valence-corrected chi connectivity index (χ4v) is 5.40. The van der Waals surface area contributed by atoms with Crippen molar-refractivity contribution in [2.75, 3.05) is 36.6 Å². The maximum Gasteiger partial charge on any atom is 0.344 e. The minimum absolute atomic E-state index is 0.0725. The van der Waals surface area contributed by atoms with Crippen LogP contribution in [0.25, 0.3) is 11.2 Å². The molecule has 202 valence electrons. The molecule has 1 aliphatic rings. The van der Waals surface area contributed by atoms with E-state index < -0.39 is 18.0 Å². The molecule has 0 spiro atoms. The first kappa shape index (κ1) is 26.5. The average molecular weight is 570 g/mol. The molecule has 1 atom stereocenters. The molecule has 0 bridgehead atoms. The Bertz CT molecular complexity index is 1620. The van der Waals surface area contributed by atoms with Gasteiger partial charge in [-0.25, -0.2) is 14.3 Å². The highest BCUT2D eigenvalue weighted by molar-refractivity contribution is 8.00. The van der Waals surface area contributed by atoms with Gasteiger partial charge in [0, 0.05) is 12.7 Å². The highest BCUT2D eigenvalue weighted by Gasteiger charge is 2.39. The van der Waals surface area contributed by atoms with Gasteiger partial charge < -0.3 is 20.1 Å². The maximum atomic E-state index is 13.7. The fraction of sp³-hybridized carbons (Fsp3) is 0.280. The standard InChI is InChI=1S/C25H24ClN7O5S/c1-3-38-24(36)18-21(28-25(27)29-22(18)39-13-17(34)37-2)31-11-10-16(31)20-30-32-12-9-15(26)19(32)23(35)33(20)14-7-5-4-6-8-14/h4-9,12,16H,3,10-11,13H2,1-2H3,(H2,27,28,29)/t16-/m0/s1. The minimum atomic E-state index is -0.661. The summed E-state index contributed by atoms with van der Waals surface area (Å²) in [5.41, 5.74) is 6.63. The number of fused-ring (bicyclic) bond motifs is 1. The van der Waals surface area contributed by atoms with Crippen molar-refractivity contribution in [3.63, 3.8) is 0 Å². The molecule has 1 aromatic carbocycles. The molecule has 39 heavy (non-hydrogen) atoms. The summed E-state index contributed by atoms with van der Waals surface area (Å²) in [6, 6.07) is 10.3. The van der Waals surface area contributed by atoms with E-state index in [1.165, 1.54) is 16.2 Å². The molecule has 0 saturated carbocycles. The van der Waals surface area contributed by atoms with Crippen LogP contribution in [0.5, 0.6) is 0 Å². The van der Waals surface area contributed by atoms with Gasteiger partial charge >= 0.3 is 11.9 Å². The Labute approximate surface area is 231 Å². The van der Waals surface area contributed by atoms with Gasteiger partial charge in [0.25, 0.3) is 5.56 Å². The number of hydrogen-bond acceptors (Lipinski definition) is 11. The molecule has 3 aromatic heterocycles. The Morgan fingerprint density at radius 1 is 1.21 bits per heavy atom. The van der Waals surface area contributed by atoms with Gasteiger partial charge in [-0.2, -0.15) is 10.1 Å². The maximum absolute atomic E-state index is 13.7. The summed E-state index contributed by atoms with van der Waals surface area (Å²) in [6.45, 7) is 2.29. The lowest BCUT2D eigenvalue weighted by atomic mass is 10.0. The Morgan fingerprint density at radius 2 is 1.97 bits per heavy atom. The van der Waals surface area contributed by atoms with Crippen LogP contribution in [-0.4, -0.2) is 62.1 Å². The number of rotatable bonds is 8. The van der Waals surface area contributed by atoms with Gasteiger partial charge in [-0.1, -0.05) is 41.6 Å². The summed E-state index contributed by atoms with van der Waals surface area (Å²) in [5.74, 6) is -0.687. The van der Waals surface area contributed by atoms with E-state index >= 15 is 0 Å². The van der Waals surface area contributed by atoms with Crippen LogP contribution in [0.3, 0.4) is 0 Å². The number of benzene rings is 1. The van der Waals surface area contributed by atoms with Crippen molar-refractivity contribution in [3.05, 3.63) is 69.4 Å². The Kier molecular flexibility index (Phi) is 7.44. The second-order valence-corrected chi connectivity index (χ2v) is 9.83. The molecule has 4 heterocycles. The van der Waals surface area contributed by atoms with E-state index in [0.717, 1.165) is 11.8 Å². The van der Waals surface area contributed by atoms with Crippen LogP contribution < -0.4 is 16.2 Å². The van der Waals surface area contributed by atoms with Crippen molar-refractivity contribution in [2.24, 2.45) is 0 Å². The zero-order valence-electron chi connectivity index (χ0n) is 21.0. The summed E-state index contributed by atoms with van der Waals surface area (Å²) in [4.78, 5) is 49.1. The van der Waals surface area contributed by atoms with Gasteiger partial charge in [0.1, 0.15) is 16.1 Å². The summed E-state index contributed by atoms with van der Waals surface area (Å²) in [7, 11) is 1.27. The van der Waals surface area contributed by atoms with Crippen LogP contribution in [-0.2, 0) is 14.3 Å². The van der Waals surface area contributed by atoms with E-state index in [9.17, 15) is 14.4 Å². The third-order valence-corrected chi connectivity index (χ3v) is 7.43. The molecule has 1 saturated heterocycles. The van der Waals surface area contributed by atoms with E-state index in [1.807, 2.05) is 23.1 Å². The fourth-order valence-electron chi connectivity index (χ4n) is 4.32. The number of nitrogen functional groups attached to an aromatic ring is 1. The molecule has 0 radical (unpaired) electrons. The minimum Gasteiger partial charge on any atom is -0.468 e. The lowest BCUT2D eigenvalue weighted by molar-refractivity contribution is -0.137. The van der Waals surface area contributed by atoms with Crippen LogP contribution in [0.1, 0.15) is 35.6 Å². The number of aromatic nitrogens is 5. The van der Waals surface area contributed by atoms with Crippen molar-refractivity contribution in [2.45, 2.75) is 24.4 Å². The summed E-state index contributed by atoms with van der Waals surface area (Å²) < 4.78 is 13.0. The molecule has 5 rings (SSSR count). The summed E-state index contributed by atoms with van der Waals surface area (Å²) in [5, 5.41) is 5.23. The monoisotopic (exact) mass is 569 g/mol. The number of nitrogens with two attached hydrogens (primary N) is 1. The second-order valence-electron chi connectivity index (χ2n) is 8.46. The predicted octanol–water partition coefficient (Wildman–Crippen LogP) is 2.90. The van der Waals surface area contributed by atoms with E-state index in [0.29, 0.717) is 24.5 Å². The van der Waals surface area contributed by atoms with Crippen LogP contribution >= 0.6 is 23.4 Å². The Balaban J connectivity index is 1.66. The molecule has 0 aliphatic carbocycles. The van der Waals surface area contributed by atoms with Crippen molar-refractivity contribution >= 4 is 52.6 Å². The lowest BCUT2D eigenvalue weighted by Crippen LogP contribution is -2.46. The largest absolute Gasteiger partial charge is 0.468 e. The quantitative estimate of drug-likeness (QED) is 0.190. The number of esters is 2. The molecule has 0 amide bonds. The summed E-state index contributed by atoms with van der Waals surface area (Å²) in [6.07, 6.45) is 2.23. The Morgan fingerprint density at radius 3 is 2.64 bits per heavy atom. The first-order chi connectivity index (χ1) is 18.8. The Hall–Kier alpha value is -4.10. The van der Waals surface area contributed by atoms with Crippen LogP contribution in [0, 0.1) is 0 Å². The second kappa shape index (κ2) is 10.9. The third kappa shape index (κ3) is 4.90. The third-order valence-electron chi connectivity index (χ3n) is 6.17.